The first kappa shape index (κ1) is 16.3. The van der Waals surface area contributed by atoms with Gasteiger partial charge in [-0.1, -0.05) is 26.2 Å². The Morgan fingerprint density at radius 2 is 2.26 bits per heavy atom. The van der Waals surface area contributed by atoms with Crippen molar-refractivity contribution >= 4 is 35.1 Å². The summed E-state index contributed by atoms with van der Waals surface area (Å²) in [7, 11) is 0. The molecule has 0 unspecified atom stereocenters. The number of aliphatic hydroxyl groups excluding tert-OH is 1. The largest absolute Gasteiger partial charge is 0.396 e. The molecule has 3 rings (SSSR count). The average Bonchev–Trinajstić information content (AvgIpc) is 3.18. The van der Waals surface area contributed by atoms with Crippen molar-refractivity contribution in [1.29, 1.82) is 0 Å². The number of rotatable bonds is 8. The van der Waals surface area contributed by atoms with Crippen LogP contribution in [-0.4, -0.2) is 37.0 Å². The Hall–Kier alpha value is -1.60. The summed E-state index contributed by atoms with van der Waals surface area (Å²) >= 11 is 1.70. The van der Waals surface area contributed by atoms with Crippen molar-refractivity contribution in [2.45, 2.75) is 44.1 Å². The first-order valence-electron chi connectivity index (χ1n) is 8.17. The molecule has 0 aromatic carbocycles. The van der Waals surface area contributed by atoms with Crippen LogP contribution in [0, 0.1) is 5.92 Å². The number of imidazole rings is 1. The van der Waals surface area contributed by atoms with Gasteiger partial charge in [-0.3, -0.25) is 4.57 Å². The minimum Gasteiger partial charge on any atom is -0.396 e. The number of nitrogen functional groups attached to an aromatic ring is 1. The third-order valence-electron chi connectivity index (χ3n) is 4.02. The molecule has 1 saturated carbocycles. The maximum absolute atomic E-state index is 9.15. The lowest BCUT2D eigenvalue weighted by Crippen LogP contribution is -1.99. The number of aliphatic hydroxyl groups is 1. The summed E-state index contributed by atoms with van der Waals surface area (Å²) in [5.74, 6) is 1.59. The highest BCUT2D eigenvalue weighted by Crippen LogP contribution is 2.38. The molecule has 2 aromatic rings. The first-order chi connectivity index (χ1) is 11.2. The molecule has 0 radical (unpaired) electrons. The Balaban J connectivity index is 1.77. The van der Waals surface area contributed by atoms with E-state index in [-0.39, 0.29) is 12.6 Å². The van der Waals surface area contributed by atoms with Crippen molar-refractivity contribution in [2.75, 3.05) is 18.1 Å². The molecule has 2 heterocycles. The van der Waals surface area contributed by atoms with Crippen LogP contribution >= 0.6 is 11.8 Å². The maximum atomic E-state index is 9.15. The second-order valence-corrected chi connectivity index (χ2v) is 6.99. The van der Waals surface area contributed by atoms with Crippen LogP contribution in [0.5, 0.6) is 0 Å². The van der Waals surface area contributed by atoms with Crippen molar-refractivity contribution in [3.05, 3.63) is 11.9 Å². The first-order valence-corrected chi connectivity index (χ1v) is 9.15. The summed E-state index contributed by atoms with van der Waals surface area (Å²) in [4.78, 5) is 13.1. The van der Waals surface area contributed by atoms with E-state index in [1.54, 1.807) is 18.1 Å². The molecule has 1 aliphatic carbocycles. The molecule has 2 aromatic heterocycles. The summed E-state index contributed by atoms with van der Waals surface area (Å²) in [6, 6.07) is 0. The van der Waals surface area contributed by atoms with Gasteiger partial charge in [0.2, 0.25) is 5.95 Å². The number of nitrogens with two attached hydrogens (primary N) is 1. The number of hydrogen-bond donors (Lipinski definition) is 2. The highest BCUT2D eigenvalue weighted by Gasteiger charge is 2.29. The highest BCUT2D eigenvalue weighted by atomic mass is 32.2. The molecule has 0 spiro atoms. The Labute approximate surface area is 140 Å². The number of unbranched alkanes of at least 4 members (excludes halogenated alkanes) is 3. The zero-order chi connectivity index (χ0) is 16.2. The summed E-state index contributed by atoms with van der Waals surface area (Å²) in [5, 5.41) is 10.0. The molecule has 0 saturated heterocycles. The number of nitrogens with zero attached hydrogens (tertiary/aromatic N) is 4. The zero-order valence-electron chi connectivity index (χ0n) is 13.4. The van der Waals surface area contributed by atoms with Crippen LogP contribution in [0.2, 0.25) is 0 Å². The van der Waals surface area contributed by atoms with Crippen molar-refractivity contribution < 1.29 is 5.11 Å². The van der Waals surface area contributed by atoms with Gasteiger partial charge in [0.15, 0.2) is 5.65 Å². The topological polar surface area (TPSA) is 89.9 Å². The quantitative estimate of drug-likeness (QED) is 0.438. The normalized spacial score (nSPS) is 18.9. The predicted octanol–water partition coefficient (Wildman–Crippen LogP) is 2.93. The third-order valence-corrected chi connectivity index (χ3v) is 5.07. The molecule has 1 aliphatic rings. The van der Waals surface area contributed by atoms with Crippen molar-refractivity contribution in [2.24, 2.45) is 5.92 Å². The van der Waals surface area contributed by atoms with Gasteiger partial charge in [0.1, 0.15) is 16.9 Å². The lowest BCUT2D eigenvalue weighted by molar-refractivity contribution is 0.281. The van der Waals surface area contributed by atoms with Crippen LogP contribution in [0.4, 0.5) is 5.95 Å². The number of hydrogen-bond acceptors (Lipinski definition) is 6. The smallest absolute Gasteiger partial charge is 0.223 e. The van der Waals surface area contributed by atoms with Gasteiger partial charge in [-0.2, -0.15) is 4.98 Å². The zero-order valence-corrected chi connectivity index (χ0v) is 14.2. The number of fused-ring (bicyclic) bond motifs is 1. The fraction of sp³-hybridized carbons (Fsp3) is 0.562. The minimum atomic E-state index is 0.203. The van der Waals surface area contributed by atoms with E-state index >= 15 is 0 Å². The summed E-state index contributed by atoms with van der Waals surface area (Å²) < 4.78 is 1.89. The molecule has 3 N–H and O–H groups in total. The van der Waals surface area contributed by atoms with Gasteiger partial charge in [0.05, 0.1) is 0 Å². The Bertz CT molecular complexity index is 712. The second kappa shape index (κ2) is 7.31. The van der Waals surface area contributed by atoms with Crippen LogP contribution in [0.3, 0.4) is 0 Å². The van der Waals surface area contributed by atoms with Gasteiger partial charge in [-0.25, -0.2) is 9.97 Å². The Morgan fingerprint density at radius 3 is 3.00 bits per heavy atom. The second-order valence-electron chi connectivity index (χ2n) is 5.91. The molecule has 0 aliphatic heterocycles. The predicted molar refractivity (Wildman–Crippen MR) is 94.1 cm³/mol. The van der Waals surface area contributed by atoms with E-state index in [0.717, 1.165) is 28.4 Å². The van der Waals surface area contributed by atoms with Gasteiger partial charge in [-0.15, -0.1) is 11.8 Å². The maximum Gasteiger partial charge on any atom is 0.223 e. The molecule has 1 atom stereocenters. The van der Waals surface area contributed by atoms with Crippen LogP contribution in [-0.2, 0) is 0 Å². The van der Waals surface area contributed by atoms with Gasteiger partial charge >= 0.3 is 0 Å². The highest BCUT2D eigenvalue weighted by molar-refractivity contribution is 7.99. The van der Waals surface area contributed by atoms with Gasteiger partial charge in [-0.05, 0) is 24.2 Å². The van der Waals surface area contributed by atoms with E-state index < -0.39 is 0 Å². The number of aromatic nitrogens is 4. The molecular formula is C16H23N5OS. The van der Waals surface area contributed by atoms with E-state index in [1.807, 2.05) is 10.8 Å². The van der Waals surface area contributed by atoms with E-state index in [4.69, 9.17) is 10.8 Å². The summed E-state index contributed by atoms with van der Waals surface area (Å²) in [6.07, 6.45) is 9.62. The van der Waals surface area contributed by atoms with E-state index in [0.29, 0.717) is 5.92 Å². The average molecular weight is 333 g/mol. The molecule has 7 heteroatoms. The molecule has 23 heavy (non-hydrogen) atoms. The van der Waals surface area contributed by atoms with Gasteiger partial charge < -0.3 is 10.8 Å². The Kier molecular flexibility index (Phi) is 5.17. The van der Waals surface area contributed by atoms with E-state index in [1.165, 1.54) is 31.3 Å². The van der Waals surface area contributed by atoms with Crippen molar-refractivity contribution in [1.82, 2.24) is 19.5 Å². The number of anilines is 1. The van der Waals surface area contributed by atoms with Crippen molar-refractivity contribution in [3.8, 4) is 0 Å². The van der Waals surface area contributed by atoms with Crippen LogP contribution in [0.1, 0.15) is 39.0 Å². The summed E-state index contributed by atoms with van der Waals surface area (Å²) in [5.41, 5.74) is 8.63. The Morgan fingerprint density at radius 1 is 1.39 bits per heavy atom. The van der Waals surface area contributed by atoms with E-state index in [2.05, 4.69) is 21.9 Å². The molecule has 1 fully saturated rings. The third kappa shape index (κ3) is 3.84. The van der Waals surface area contributed by atoms with Crippen LogP contribution in [0.25, 0.3) is 17.4 Å². The van der Waals surface area contributed by atoms with Crippen LogP contribution < -0.4 is 5.73 Å². The standard InChI is InChI=1S/C16H23N5OS/c1-2-3-4-5-6-23-15-13-14(19-16(17)20-15)21(10-18-13)8-11-7-12(11)9-22/h8,10,12,22H,2-7,9H2,1H3,(H2,17,19,20)/b11-8-/t12-/m1/s1. The fourth-order valence-electron chi connectivity index (χ4n) is 2.54. The molecule has 0 bridgehead atoms. The fourth-order valence-corrected chi connectivity index (χ4v) is 3.52. The van der Waals surface area contributed by atoms with Crippen LogP contribution in [0.15, 0.2) is 16.9 Å². The molecule has 0 amide bonds. The minimum absolute atomic E-state index is 0.203. The van der Waals surface area contributed by atoms with Gasteiger partial charge in [0, 0.05) is 18.7 Å². The molecule has 124 valence electrons. The SMILES string of the molecule is CCCCCCSc1nc(N)nc2c1ncn2/C=C1/C[C@@H]1CO. The van der Waals surface area contributed by atoms with Crippen molar-refractivity contribution in [3.63, 3.8) is 0 Å². The monoisotopic (exact) mass is 333 g/mol. The van der Waals surface area contributed by atoms with Gasteiger partial charge in [0.25, 0.3) is 0 Å². The lowest BCUT2D eigenvalue weighted by Gasteiger charge is -2.03. The van der Waals surface area contributed by atoms with E-state index in [9.17, 15) is 0 Å². The molecular weight excluding hydrogens is 310 g/mol. The lowest BCUT2D eigenvalue weighted by atomic mass is 10.2. The number of thioether (sulfide) groups is 1. The molecule has 6 nitrogen and oxygen atoms in total. The summed E-state index contributed by atoms with van der Waals surface area (Å²) in [6.45, 7) is 2.42.